The second-order valence-electron chi connectivity index (χ2n) is 6.84. The molecule has 2 amide bonds. The summed E-state index contributed by atoms with van der Waals surface area (Å²) in [5, 5.41) is 23.8. The molecule has 7 nitrogen and oxygen atoms in total. The second-order valence-corrected chi connectivity index (χ2v) is 6.84. The van der Waals surface area contributed by atoms with Gasteiger partial charge in [-0.05, 0) is 39.0 Å². The van der Waals surface area contributed by atoms with Crippen LogP contribution in [0.2, 0.25) is 0 Å². The number of alkyl halides is 3. The Hall–Kier alpha value is -1.10. The highest BCUT2D eigenvalue weighted by molar-refractivity contribution is 5.74. The maximum Gasteiger partial charge on any atom is 0.391 e. The number of aliphatic hydroxyl groups excluding tert-OH is 1. The predicted octanol–water partition coefficient (Wildman–Crippen LogP) is 0.570. The number of hydrogen-bond donors (Lipinski definition) is 6. The standard InChI is InChI=1S/C15H28F3N5O2/c1-9-8-12(19-6-7-24)22-13(20-9)23-14(25)21-11-4-2-10(3-5-11)15(16,17)18/h9-13,19-20,22,24H,2-8H2,1H3,(H2,21,23,25). The first-order valence-corrected chi connectivity index (χ1v) is 8.78. The molecular weight excluding hydrogens is 339 g/mol. The van der Waals surface area contributed by atoms with Gasteiger partial charge in [0.05, 0.1) is 18.7 Å². The molecule has 1 aliphatic carbocycles. The van der Waals surface area contributed by atoms with Crippen molar-refractivity contribution in [2.45, 2.75) is 69.7 Å². The van der Waals surface area contributed by atoms with Gasteiger partial charge in [-0.3, -0.25) is 16.0 Å². The maximum atomic E-state index is 12.7. The van der Waals surface area contributed by atoms with Gasteiger partial charge in [-0.25, -0.2) is 4.79 Å². The van der Waals surface area contributed by atoms with Crippen LogP contribution in [-0.4, -0.2) is 55.0 Å². The Balaban J connectivity index is 1.73. The Morgan fingerprint density at radius 1 is 1.16 bits per heavy atom. The monoisotopic (exact) mass is 367 g/mol. The average Bonchev–Trinajstić information content (AvgIpc) is 2.52. The van der Waals surface area contributed by atoms with Crippen molar-refractivity contribution in [1.82, 2.24) is 26.6 Å². The van der Waals surface area contributed by atoms with Crippen LogP contribution in [0.25, 0.3) is 0 Å². The molecule has 0 bridgehead atoms. The number of amides is 2. The Kier molecular flexibility index (Phi) is 7.29. The zero-order chi connectivity index (χ0) is 18.4. The molecule has 1 saturated carbocycles. The topological polar surface area (TPSA) is 97.5 Å². The first-order valence-electron chi connectivity index (χ1n) is 8.78. The van der Waals surface area contributed by atoms with E-state index in [0.29, 0.717) is 19.4 Å². The Labute approximate surface area is 145 Å². The molecular formula is C15H28F3N5O2. The number of urea groups is 1. The van der Waals surface area contributed by atoms with E-state index in [2.05, 4.69) is 26.6 Å². The minimum Gasteiger partial charge on any atom is -0.395 e. The van der Waals surface area contributed by atoms with Crippen molar-refractivity contribution in [2.24, 2.45) is 5.92 Å². The fraction of sp³-hybridized carbons (Fsp3) is 0.933. The van der Waals surface area contributed by atoms with Crippen molar-refractivity contribution in [1.29, 1.82) is 0 Å². The molecule has 0 radical (unpaired) electrons. The molecule has 0 spiro atoms. The van der Waals surface area contributed by atoms with Crippen LogP contribution in [0, 0.1) is 5.92 Å². The molecule has 25 heavy (non-hydrogen) atoms. The summed E-state index contributed by atoms with van der Waals surface area (Å²) in [4.78, 5) is 12.1. The molecule has 3 atom stereocenters. The lowest BCUT2D eigenvalue weighted by Crippen LogP contribution is -2.68. The van der Waals surface area contributed by atoms with Gasteiger partial charge in [-0.2, -0.15) is 13.2 Å². The Bertz CT molecular complexity index is 430. The van der Waals surface area contributed by atoms with E-state index in [1.54, 1.807) is 0 Å². The molecule has 0 aromatic heterocycles. The van der Waals surface area contributed by atoms with E-state index in [-0.39, 0.29) is 37.7 Å². The molecule has 0 aromatic carbocycles. The summed E-state index contributed by atoms with van der Waals surface area (Å²) in [7, 11) is 0. The minimum absolute atomic E-state index is 0.0270. The lowest BCUT2D eigenvalue weighted by atomic mass is 9.86. The largest absolute Gasteiger partial charge is 0.395 e. The van der Waals surface area contributed by atoms with Crippen molar-refractivity contribution >= 4 is 6.03 Å². The third-order valence-corrected chi connectivity index (χ3v) is 4.71. The van der Waals surface area contributed by atoms with Crippen LogP contribution in [0.3, 0.4) is 0 Å². The van der Waals surface area contributed by atoms with E-state index in [0.717, 1.165) is 6.42 Å². The van der Waals surface area contributed by atoms with Gasteiger partial charge in [-0.15, -0.1) is 0 Å². The highest BCUT2D eigenvalue weighted by atomic mass is 19.4. The second kappa shape index (κ2) is 9.02. The summed E-state index contributed by atoms with van der Waals surface area (Å²) in [5.41, 5.74) is 0. The summed E-state index contributed by atoms with van der Waals surface area (Å²) in [6.07, 6.45) is -3.07. The summed E-state index contributed by atoms with van der Waals surface area (Å²) >= 11 is 0. The van der Waals surface area contributed by atoms with Gasteiger partial charge in [0.2, 0.25) is 0 Å². The maximum absolute atomic E-state index is 12.7. The van der Waals surface area contributed by atoms with Crippen LogP contribution < -0.4 is 26.6 Å². The average molecular weight is 367 g/mol. The Morgan fingerprint density at radius 2 is 1.84 bits per heavy atom. The zero-order valence-corrected chi connectivity index (χ0v) is 14.3. The summed E-state index contributed by atoms with van der Waals surface area (Å²) in [6, 6.07) is -0.483. The first kappa shape index (κ1) is 20.2. The van der Waals surface area contributed by atoms with Crippen molar-refractivity contribution in [3.05, 3.63) is 0 Å². The number of nitrogens with one attached hydrogen (secondary N) is 5. The molecule has 1 heterocycles. The molecule has 2 rings (SSSR count). The predicted molar refractivity (Wildman–Crippen MR) is 86.5 cm³/mol. The van der Waals surface area contributed by atoms with E-state index < -0.39 is 24.4 Å². The lowest BCUT2D eigenvalue weighted by molar-refractivity contribution is -0.182. The number of carbonyl (C=O) groups excluding carboxylic acids is 1. The number of hydrogen-bond acceptors (Lipinski definition) is 5. The molecule has 6 N–H and O–H groups in total. The van der Waals surface area contributed by atoms with Crippen LogP contribution in [0.1, 0.15) is 39.0 Å². The Morgan fingerprint density at radius 3 is 2.44 bits per heavy atom. The first-order chi connectivity index (χ1) is 11.8. The number of rotatable bonds is 5. The SMILES string of the molecule is CC1CC(NCCO)NC(NC(=O)NC2CCC(C(F)(F)F)CC2)N1. The normalized spacial score (nSPS) is 33.7. The number of aliphatic hydroxyl groups is 1. The van der Waals surface area contributed by atoms with E-state index in [1.807, 2.05) is 6.92 Å². The van der Waals surface area contributed by atoms with Gasteiger partial charge in [0.15, 0.2) is 0 Å². The van der Waals surface area contributed by atoms with E-state index in [9.17, 15) is 18.0 Å². The van der Waals surface area contributed by atoms with Crippen LogP contribution >= 0.6 is 0 Å². The van der Waals surface area contributed by atoms with Crippen molar-refractivity contribution in [3.63, 3.8) is 0 Å². The smallest absolute Gasteiger partial charge is 0.391 e. The molecule has 1 saturated heterocycles. The van der Waals surface area contributed by atoms with Crippen molar-refractivity contribution in [3.8, 4) is 0 Å². The minimum atomic E-state index is -4.14. The van der Waals surface area contributed by atoms with Crippen LogP contribution in [0.15, 0.2) is 0 Å². The molecule has 0 aromatic rings. The highest BCUT2D eigenvalue weighted by Crippen LogP contribution is 2.37. The summed E-state index contributed by atoms with van der Waals surface area (Å²) < 4.78 is 38.0. The van der Waals surface area contributed by atoms with Gasteiger partial charge in [0.25, 0.3) is 0 Å². The number of halogens is 3. The summed E-state index contributed by atoms with van der Waals surface area (Å²) in [6.45, 7) is 2.46. The fourth-order valence-electron chi connectivity index (χ4n) is 3.41. The van der Waals surface area contributed by atoms with Gasteiger partial charge in [0, 0.05) is 18.6 Å². The molecule has 2 fully saturated rings. The number of carbonyl (C=O) groups is 1. The van der Waals surface area contributed by atoms with E-state index >= 15 is 0 Å². The molecule has 2 aliphatic rings. The van der Waals surface area contributed by atoms with E-state index in [1.165, 1.54) is 0 Å². The van der Waals surface area contributed by atoms with Gasteiger partial charge < -0.3 is 15.7 Å². The zero-order valence-electron chi connectivity index (χ0n) is 14.3. The van der Waals surface area contributed by atoms with Gasteiger partial charge in [0.1, 0.15) is 6.29 Å². The van der Waals surface area contributed by atoms with Crippen molar-refractivity contribution in [2.75, 3.05) is 13.2 Å². The van der Waals surface area contributed by atoms with Crippen LogP contribution in [0.4, 0.5) is 18.0 Å². The van der Waals surface area contributed by atoms with Crippen LogP contribution in [-0.2, 0) is 0 Å². The third kappa shape index (κ3) is 6.61. The quantitative estimate of drug-likeness (QED) is 0.427. The van der Waals surface area contributed by atoms with Crippen molar-refractivity contribution < 1.29 is 23.1 Å². The van der Waals surface area contributed by atoms with E-state index in [4.69, 9.17) is 5.11 Å². The molecule has 1 aliphatic heterocycles. The fourth-order valence-corrected chi connectivity index (χ4v) is 3.41. The molecule has 10 heteroatoms. The lowest BCUT2D eigenvalue weighted by Gasteiger charge is -2.37. The molecule has 146 valence electrons. The highest BCUT2D eigenvalue weighted by Gasteiger charge is 2.41. The summed E-state index contributed by atoms with van der Waals surface area (Å²) in [5.74, 6) is -1.26. The van der Waals surface area contributed by atoms with Gasteiger partial charge in [-0.1, -0.05) is 0 Å². The van der Waals surface area contributed by atoms with Gasteiger partial charge >= 0.3 is 12.2 Å². The molecule has 3 unspecified atom stereocenters. The van der Waals surface area contributed by atoms with Crippen LogP contribution in [0.5, 0.6) is 0 Å². The third-order valence-electron chi connectivity index (χ3n) is 4.71.